The van der Waals surface area contributed by atoms with Gasteiger partial charge in [0.2, 0.25) is 16.0 Å². The minimum absolute atomic E-state index is 0.113. The number of carbonyl (C=O) groups is 1. The largest absolute Gasteiger partial charge is 0.334 e. The number of anilines is 1. The molecule has 0 bridgehead atoms. The molecule has 0 saturated carbocycles. The number of hydrogen-bond donors (Lipinski definition) is 0. The average Bonchev–Trinajstić information content (AvgIpc) is 2.62. The van der Waals surface area contributed by atoms with Crippen LogP contribution in [-0.4, -0.2) is 37.5 Å². The van der Waals surface area contributed by atoms with Crippen LogP contribution in [0.3, 0.4) is 0 Å². The van der Waals surface area contributed by atoms with Crippen molar-refractivity contribution in [2.24, 2.45) is 0 Å². The molecule has 0 amide bonds. The van der Waals surface area contributed by atoms with E-state index in [4.69, 9.17) is 0 Å². The fourth-order valence-electron chi connectivity index (χ4n) is 2.89. The molecule has 1 heterocycles. The third-order valence-electron chi connectivity index (χ3n) is 4.43. The normalized spacial score (nSPS) is 12.6. The van der Waals surface area contributed by atoms with Crippen molar-refractivity contribution in [3.63, 3.8) is 0 Å². The Morgan fingerprint density at radius 3 is 2.30 bits per heavy atom. The van der Waals surface area contributed by atoms with E-state index in [1.54, 1.807) is 6.92 Å². The van der Waals surface area contributed by atoms with Crippen LogP contribution in [-0.2, 0) is 21.2 Å². The summed E-state index contributed by atoms with van der Waals surface area (Å²) in [6, 6.07) is 7.74. The number of sulfonamides is 1. The molecule has 0 N–H and O–H groups in total. The Hall–Kier alpha value is -2.28. The first-order valence-corrected chi connectivity index (χ1v) is 10.8. The van der Waals surface area contributed by atoms with Crippen molar-refractivity contribution in [3.05, 3.63) is 48.0 Å². The van der Waals surface area contributed by atoms with Crippen molar-refractivity contribution < 1.29 is 13.2 Å². The van der Waals surface area contributed by atoms with Crippen LogP contribution >= 0.6 is 0 Å². The van der Waals surface area contributed by atoms with Gasteiger partial charge in [-0.3, -0.25) is 0 Å². The van der Waals surface area contributed by atoms with Crippen LogP contribution in [0.2, 0.25) is 0 Å². The molecule has 0 spiro atoms. The smallest absolute Gasteiger partial charge is 0.239 e. The molecule has 2 rings (SSSR count). The van der Waals surface area contributed by atoms with Gasteiger partial charge in [0.1, 0.15) is 6.29 Å². The van der Waals surface area contributed by atoms with Crippen molar-refractivity contribution in [1.82, 2.24) is 9.97 Å². The Labute approximate surface area is 161 Å². The number of aromatic nitrogens is 2. The molecule has 0 aliphatic heterocycles. The van der Waals surface area contributed by atoms with E-state index in [9.17, 15) is 13.2 Å². The van der Waals surface area contributed by atoms with Gasteiger partial charge in [0.25, 0.3) is 0 Å². The second-order valence-electron chi connectivity index (χ2n) is 6.51. The van der Waals surface area contributed by atoms with Gasteiger partial charge in [0.15, 0.2) is 0 Å². The molecule has 7 heteroatoms. The summed E-state index contributed by atoms with van der Waals surface area (Å²) in [5, 5.41) is 0. The molecule has 1 aromatic carbocycles. The molecule has 0 saturated heterocycles. The van der Waals surface area contributed by atoms with E-state index in [0.717, 1.165) is 23.7 Å². The van der Waals surface area contributed by atoms with Gasteiger partial charge in [-0.05, 0) is 13.8 Å². The molecule has 2 aromatic rings. The lowest BCUT2D eigenvalue weighted by molar-refractivity contribution is -0.107. The minimum Gasteiger partial charge on any atom is -0.334 e. The van der Waals surface area contributed by atoms with Crippen molar-refractivity contribution in [1.29, 1.82) is 0 Å². The van der Waals surface area contributed by atoms with E-state index in [-0.39, 0.29) is 24.8 Å². The molecule has 1 atom stereocenters. The van der Waals surface area contributed by atoms with E-state index < -0.39 is 10.0 Å². The molecule has 0 aliphatic carbocycles. The zero-order chi connectivity index (χ0) is 20.2. The Morgan fingerprint density at radius 2 is 1.81 bits per heavy atom. The van der Waals surface area contributed by atoms with E-state index in [0.29, 0.717) is 23.4 Å². The molecule has 1 unspecified atom stereocenters. The number of aldehydes is 1. The highest BCUT2D eigenvalue weighted by Gasteiger charge is 2.23. The summed E-state index contributed by atoms with van der Waals surface area (Å²) < 4.78 is 25.5. The molecular weight excluding hydrogens is 362 g/mol. The highest BCUT2D eigenvalue weighted by atomic mass is 32.2. The fraction of sp³-hybridized carbons (Fsp3) is 0.400. The molecule has 27 heavy (non-hydrogen) atoms. The van der Waals surface area contributed by atoms with Crippen LogP contribution in [0.25, 0.3) is 11.3 Å². The SMILES string of the molecule is [CH2-]C(CC)c1nc(N(CC)S(C)(=O)=O)nc(-c2ccc(C)cc2)c1CC=O. The molecule has 0 radical (unpaired) electrons. The topological polar surface area (TPSA) is 80.2 Å². The maximum atomic E-state index is 12.2. The molecule has 146 valence electrons. The molecular formula is C20H26N3O3S-. The number of rotatable bonds is 8. The number of nitrogens with zero attached hydrogens (tertiary/aromatic N) is 3. The van der Waals surface area contributed by atoms with Gasteiger partial charge in [-0.15, -0.1) is 5.92 Å². The summed E-state index contributed by atoms with van der Waals surface area (Å²) in [5.41, 5.74) is 3.80. The lowest BCUT2D eigenvalue weighted by atomic mass is 9.94. The number of aryl methyl sites for hydroxylation is 1. The Balaban J connectivity index is 2.83. The number of benzene rings is 1. The van der Waals surface area contributed by atoms with Crippen LogP contribution < -0.4 is 4.31 Å². The summed E-state index contributed by atoms with van der Waals surface area (Å²) in [6.07, 6.45) is 2.80. The minimum atomic E-state index is -3.53. The van der Waals surface area contributed by atoms with Gasteiger partial charge in [0, 0.05) is 29.8 Å². The molecule has 1 aromatic heterocycles. The Kier molecular flexibility index (Phi) is 6.70. The molecule has 0 aliphatic rings. The Morgan fingerprint density at radius 1 is 1.19 bits per heavy atom. The monoisotopic (exact) mass is 388 g/mol. The lowest BCUT2D eigenvalue weighted by Gasteiger charge is -2.25. The van der Waals surface area contributed by atoms with Gasteiger partial charge in [-0.1, -0.05) is 43.2 Å². The predicted molar refractivity (Wildman–Crippen MR) is 108 cm³/mol. The van der Waals surface area contributed by atoms with Crippen molar-refractivity contribution >= 4 is 22.3 Å². The zero-order valence-electron chi connectivity index (χ0n) is 16.3. The second-order valence-corrected chi connectivity index (χ2v) is 8.41. The van der Waals surface area contributed by atoms with Gasteiger partial charge < -0.3 is 11.7 Å². The van der Waals surface area contributed by atoms with Crippen LogP contribution in [0.4, 0.5) is 5.95 Å². The summed E-state index contributed by atoms with van der Waals surface area (Å²) in [7, 11) is -3.53. The second kappa shape index (κ2) is 8.61. The average molecular weight is 389 g/mol. The van der Waals surface area contributed by atoms with Crippen LogP contribution in [0.15, 0.2) is 24.3 Å². The maximum absolute atomic E-state index is 12.2. The third-order valence-corrected chi connectivity index (χ3v) is 5.65. The van der Waals surface area contributed by atoms with Gasteiger partial charge in [-0.25, -0.2) is 22.7 Å². The quantitative estimate of drug-likeness (QED) is 0.512. The summed E-state index contributed by atoms with van der Waals surface area (Å²) in [4.78, 5) is 20.4. The Bertz CT molecular complexity index is 909. The zero-order valence-corrected chi connectivity index (χ0v) is 17.1. The first-order chi connectivity index (χ1) is 12.7. The first kappa shape index (κ1) is 21.0. The molecule has 0 fully saturated rings. The van der Waals surface area contributed by atoms with Crippen molar-refractivity contribution in [2.45, 2.75) is 39.5 Å². The summed E-state index contributed by atoms with van der Waals surface area (Å²) in [5.74, 6) is -0.0634. The third kappa shape index (κ3) is 4.71. The lowest BCUT2D eigenvalue weighted by Crippen LogP contribution is -2.32. The molecule has 6 nitrogen and oxygen atoms in total. The number of carbonyl (C=O) groups excluding carboxylic acids is 1. The van der Waals surface area contributed by atoms with E-state index in [1.165, 1.54) is 4.31 Å². The van der Waals surface area contributed by atoms with Crippen molar-refractivity contribution in [3.8, 4) is 11.3 Å². The van der Waals surface area contributed by atoms with E-state index >= 15 is 0 Å². The van der Waals surface area contributed by atoms with Gasteiger partial charge in [0.05, 0.1) is 11.9 Å². The van der Waals surface area contributed by atoms with E-state index in [1.807, 2.05) is 38.1 Å². The number of hydrogen-bond acceptors (Lipinski definition) is 5. The van der Waals surface area contributed by atoms with Crippen LogP contribution in [0.1, 0.15) is 43.0 Å². The van der Waals surface area contributed by atoms with Crippen LogP contribution in [0.5, 0.6) is 0 Å². The van der Waals surface area contributed by atoms with Crippen molar-refractivity contribution in [2.75, 3.05) is 17.1 Å². The van der Waals surface area contributed by atoms with E-state index in [2.05, 4.69) is 16.9 Å². The predicted octanol–water partition coefficient (Wildman–Crippen LogP) is 3.31. The highest BCUT2D eigenvalue weighted by molar-refractivity contribution is 7.92. The van der Waals surface area contributed by atoms with Gasteiger partial charge >= 0.3 is 0 Å². The summed E-state index contributed by atoms with van der Waals surface area (Å²) >= 11 is 0. The maximum Gasteiger partial charge on any atom is 0.239 e. The standard InChI is InChI=1S/C20H26N3O3S/c1-6-15(4)18-17(12-13-24)19(16-10-8-14(3)9-11-16)22-20(21-18)23(7-2)27(5,25)26/h8-11,13,15H,4,6-7,12H2,1-3,5H3/q-1. The van der Waals surface area contributed by atoms with Crippen LogP contribution in [0, 0.1) is 13.8 Å². The summed E-state index contributed by atoms with van der Waals surface area (Å²) in [6.45, 7) is 10.0. The fourth-order valence-corrected chi connectivity index (χ4v) is 3.74. The van der Waals surface area contributed by atoms with Gasteiger partial charge in [-0.2, -0.15) is 0 Å². The first-order valence-electron chi connectivity index (χ1n) is 8.95. The highest BCUT2D eigenvalue weighted by Crippen LogP contribution is 2.32.